The highest BCUT2D eigenvalue weighted by Gasteiger charge is 2.15. The zero-order chi connectivity index (χ0) is 38.5. The van der Waals surface area contributed by atoms with Gasteiger partial charge in [-0.2, -0.15) is 0 Å². The van der Waals surface area contributed by atoms with Crippen LogP contribution in [0.1, 0.15) is 8.22 Å². The largest absolute Gasteiger partial charge is 0.208 e. The number of hydrogen-bond donors (Lipinski definition) is 0. The van der Waals surface area contributed by atoms with E-state index in [1.807, 2.05) is 78.9 Å². The van der Waals surface area contributed by atoms with Crippen LogP contribution in [-0.4, -0.2) is 15.0 Å². The van der Waals surface area contributed by atoms with Crippen LogP contribution in [0.25, 0.3) is 89.1 Å². The molecule has 0 spiro atoms. The van der Waals surface area contributed by atoms with Crippen LogP contribution in [0.15, 0.2) is 188 Å². The van der Waals surface area contributed by atoms with E-state index in [2.05, 4.69) is 42.5 Å². The smallest absolute Gasteiger partial charge is 0.164 e. The molecule has 0 saturated heterocycles. The second-order valence-electron chi connectivity index (χ2n) is 12.0. The van der Waals surface area contributed by atoms with Crippen molar-refractivity contribution in [1.29, 1.82) is 0 Å². The Bertz CT molecular complexity index is 2970. The average molecular weight is 644 g/mol. The Labute approximate surface area is 299 Å². The maximum Gasteiger partial charge on any atom is 0.164 e. The highest BCUT2D eigenvalue weighted by atomic mass is 15.0. The third kappa shape index (κ3) is 5.51. The van der Waals surface area contributed by atoms with Crippen molar-refractivity contribution in [3.63, 3.8) is 0 Å². The number of fused-ring (bicyclic) bond motifs is 2. The van der Waals surface area contributed by atoms with Crippen LogP contribution in [0.4, 0.5) is 0 Å². The summed E-state index contributed by atoms with van der Waals surface area (Å²) in [4.78, 5) is 14.9. The van der Waals surface area contributed by atoms with Gasteiger partial charge in [0.2, 0.25) is 0 Å². The van der Waals surface area contributed by atoms with Crippen LogP contribution in [-0.2, 0) is 0 Å². The first-order valence-electron chi connectivity index (χ1n) is 19.4. The van der Waals surface area contributed by atoms with E-state index >= 15 is 0 Å². The third-order valence-electron chi connectivity index (χ3n) is 8.86. The fourth-order valence-corrected chi connectivity index (χ4v) is 6.42. The molecule has 234 valence electrons. The van der Waals surface area contributed by atoms with Crippen molar-refractivity contribution >= 4 is 21.5 Å². The van der Waals surface area contributed by atoms with E-state index in [9.17, 15) is 2.74 Å². The van der Waals surface area contributed by atoms with Crippen molar-refractivity contribution < 1.29 is 8.22 Å². The van der Waals surface area contributed by atoms with Gasteiger partial charge >= 0.3 is 0 Å². The lowest BCUT2D eigenvalue weighted by atomic mass is 9.91. The minimum absolute atomic E-state index is 0.130. The predicted octanol–water partition coefficient (Wildman–Crippen LogP) is 12.2. The molecule has 9 rings (SSSR count). The zero-order valence-electron chi connectivity index (χ0n) is 32.8. The Balaban J connectivity index is 1.26. The minimum Gasteiger partial charge on any atom is -0.208 e. The molecule has 0 radical (unpaired) electrons. The summed E-state index contributed by atoms with van der Waals surface area (Å²) in [7, 11) is 0. The average Bonchev–Trinajstić information content (AvgIpc) is 3.26. The van der Waals surface area contributed by atoms with Gasteiger partial charge in [-0.3, -0.25) is 0 Å². The van der Waals surface area contributed by atoms with Gasteiger partial charge in [-0.1, -0.05) is 176 Å². The molecule has 3 nitrogen and oxygen atoms in total. The van der Waals surface area contributed by atoms with Crippen LogP contribution < -0.4 is 0 Å². The number of benzene rings is 8. The van der Waals surface area contributed by atoms with E-state index in [0.29, 0.717) is 34.2 Å². The summed E-state index contributed by atoms with van der Waals surface area (Å²) in [6.45, 7) is 0. The van der Waals surface area contributed by atoms with Crippen LogP contribution in [0.5, 0.6) is 0 Å². The minimum atomic E-state index is -0.406. The molecule has 0 amide bonds. The first-order chi connectivity index (χ1) is 27.3. The Morgan fingerprint density at radius 1 is 0.320 bits per heavy atom. The van der Waals surface area contributed by atoms with Gasteiger partial charge in [0.25, 0.3) is 0 Å². The molecular formula is C47H31N3. The lowest BCUT2D eigenvalue weighted by Gasteiger charge is -2.13. The fourth-order valence-electron chi connectivity index (χ4n) is 6.42. The summed E-state index contributed by atoms with van der Waals surface area (Å²) in [5.41, 5.74) is 6.05. The van der Waals surface area contributed by atoms with Crippen molar-refractivity contribution in [2.24, 2.45) is 0 Å². The molecule has 0 bridgehead atoms. The van der Waals surface area contributed by atoms with Gasteiger partial charge in [0.05, 0.1) is 8.22 Å². The van der Waals surface area contributed by atoms with Crippen molar-refractivity contribution in [1.82, 2.24) is 15.0 Å². The lowest BCUT2D eigenvalue weighted by molar-refractivity contribution is 1.07. The maximum atomic E-state index is 9.33. The van der Waals surface area contributed by atoms with Gasteiger partial charge < -0.3 is 0 Å². The molecule has 9 aromatic rings. The van der Waals surface area contributed by atoms with E-state index in [4.69, 9.17) is 20.4 Å². The number of hydrogen-bond acceptors (Lipinski definition) is 3. The molecule has 1 aromatic heterocycles. The molecule has 0 atom stereocenters. The molecule has 0 unspecified atom stereocenters. The molecule has 1 heterocycles. The van der Waals surface area contributed by atoms with Crippen LogP contribution in [0.3, 0.4) is 0 Å². The molecule has 3 heteroatoms. The van der Waals surface area contributed by atoms with Crippen molar-refractivity contribution in [3.8, 4) is 67.5 Å². The molecule has 0 aliphatic carbocycles. The van der Waals surface area contributed by atoms with E-state index in [1.165, 1.54) is 0 Å². The summed E-state index contributed by atoms with van der Waals surface area (Å²) >= 11 is 0. The van der Waals surface area contributed by atoms with Crippen LogP contribution in [0.2, 0.25) is 0 Å². The quantitative estimate of drug-likeness (QED) is 0.181. The van der Waals surface area contributed by atoms with E-state index in [-0.39, 0.29) is 46.1 Å². The molecule has 50 heavy (non-hydrogen) atoms. The number of rotatable bonds is 6. The summed E-state index contributed by atoms with van der Waals surface area (Å²) in [5.74, 6) is 1.34. The summed E-state index contributed by atoms with van der Waals surface area (Å²) < 4.78 is 53.7. The second kappa shape index (κ2) is 12.7. The Morgan fingerprint density at radius 2 is 0.800 bits per heavy atom. The first-order valence-corrected chi connectivity index (χ1v) is 16.4. The van der Waals surface area contributed by atoms with Gasteiger partial charge in [-0.15, -0.1) is 0 Å². The lowest BCUT2D eigenvalue weighted by Crippen LogP contribution is -2.00. The van der Waals surface area contributed by atoms with Crippen LogP contribution in [0, 0.1) is 0 Å². The van der Waals surface area contributed by atoms with Crippen LogP contribution >= 0.6 is 0 Å². The topological polar surface area (TPSA) is 38.7 Å². The van der Waals surface area contributed by atoms with Gasteiger partial charge in [0.1, 0.15) is 0 Å². The molecular weight excluding hydrogens is 607 g/mol. The molecule has 0 aliphatic rings. The maximum absolute atomic E-state index is 9.33. The second-order valence-corrected chi connectivity index (χ2v) is 12.0. The van der Waals surface area contributed by atoms with Gasteiger partial charge in [-0.05, 0) is 67.1 Å². The SMILES string of the molecule is [2H]c1c([2H])c([2H])c2c(-c3cccc(-c4nc(-c5ccccc5)nc(-c5ccc6cccc(-c7ccccc7)c6c5)n4)c3)c([2H])c([2H])c(-c3ccccc3)c2c1[2H]. The van der Waals surface area contributed by atoms with Crippen molar-refractivity contribution in [2.75, 3.05) is 0 Å². The Hall–Kier alpha value is -6.71. The Kier molecular flexibility index (Phi) is 6.00. The standard InChI is InChI=1S/C47H31N3/c1-4-14-32(15-5-1)39-25-13-20-34-26-27-38(31-44(34)39)47-49-45(35-18-8-3-9-19-35)48-46(50-47)37-22-12-21-36(30-37)41-29-28-40(33-16-6-2-7-17-33)42-23-10-11-24-43(41)42/h1-31H/i10D,11D,23D,24D,28D,29D. The van der Waals surface area contributed by atoms with Gasteiger partial charge in [-0.25, -0.2) is 15.0 Å². The van der Waals surface area contributed by atoms with Gasteiger partial charge in [0.15, 0.2) is 17.5 Å². The molecule has 0 fully saturated rings. The van der Waals surface area contributed by atoms with Gasteiger partial charge in [0, 0.05) is 16.7 Å². The molecule has 0 saturated carbocycles. The summed E-state index contributed by atoms with van der Waals surface area (Å²) in [5, 5.41) is 2.53. The predicted molar refractivity (Wildman–Crippen MR) is 207 cm³/mol. The monoisotopic (exact) mass is 643 g/mol. The molecule has 0 N–H and O–H groups in total. The zero-order valence-corrected chi connectivity index (χ0v) is 26.8. The van der Waals surface area contributed by atoms with E-state index < -0.39 is 12.1 Å². The first kappa shape index (κ1) is 23.6. The van der Waals surface area contributed by atoms with Crippen molar-refractivity contribution in [2.45, 2.75) is 0 Å². The fraction of sp³-hybridized carbons (Fsp3) is 0. The molecule has 0 aliphatic heterocycles. The summed E-state index contributed by atoms with van der Waals surface area (Å²) in [6.07, 6.45) is 0. The van der Waals surface area contributed by atoms with E-state index in [1.54, 1.807) is 30.3 Å². The summed E-state index contributed by atoms with van der Waals surface area (Å²) in [6, 6.07) is 47.1. The Morgan fingerprint density at radius 3 is 1.44 bits per heavy atom. The van der Waals surface area contributed by atoms with E-state index in [0.717, 1.165) is 33.0 Å². The molecule has 8 aromatic carbocycles. The highest BCUT2D eigenvalue weighted by Crippen LogP contribution is 2.37. The van der Waals surface area contributed by atoms with Crippen molar-refractivity contribution in [3.05, 3.63) is 188 Å². The third-order valence-corrected chi connectivity index (χ3v) is 8.86. The normalized spacial score (nSPS) is 12.9. The number of aromatic nitrogens is 3. The highest BCUT2D eigenvalue weighted by molar-refractivity contribution is 6.05. The number of nitrogens with zero attached hydrogens (tertiary/aromatic N) is 3.